The van der Waals surface area contributed by atoms with Gasteiger partial charge in [0.15, 0.2) is 0 Å². The summed E-state index contributed by atoms with van der Waals surface area (Å²) in [5.41, 5.74) is 0.510. The molecule has 0 saturated heterocycles. The first kappa shape index (κ1) is 15.8. The van der Waals surface area contributed by atoms with Crippen LogP contribution in [-0.4, -0.2) is 38.4 Å². The molecule has 0 bridgehead atoms. The van der Waals surface area contributed by atoms with E-state index in [1.54, 1.807) is 32.3 Å². The van der Waals surface area contributed by atoms with Crippen LogP contribution in [0, 0.1) is 0 Å². The van der Waals surface area contributed by atoms with Crippen molar-refractivity contribution in [1.29, 1.82) is 0 Å². The largest absolute Gasteiger partial charge is 0.331 e. The summed E-state index contributed by atoms with van der Waals surface area (Å²) in [5.74, 6) is 0.243. The van der Waals surface area contributed by atoms with Gasteiger partial charge in [-0.05, 0) is 36.4 Å². The van der Waals surface area contributed by atoms with Gasteiger partial charge < -0.3 is 10.2 Å². The van der Waals surface area contributed by atoms with Crippen LogP contribution in [-0.2, 0) is 10.0 Å². The number of aromatic nitrogens is 1. The number of anilines is 2. The molecule has 116 valence electrons. The average molecular weight is 320 g/mol. The van der Waals surface area contributed by atoms with E-state index in [-0.39, 0.29) is 16.7 Å². The van der Waals surface area contributed by atoms with Crippen LogP contribution in [0.15, 0.2) is 53.6 Å². The van der Waals surface area contributed by atoms with Gasteiger partial charge in [0.2, 0.25) is 0 Å². The summed E-state index contributed by atoms with van der Waals surface area (Å²) >= 11 is 0. The summed E-state index contributed by atoms with van der Waals surface area (Å²) < 4.78 is 26.8. The number of hydrogen-bond donors (Lipinski definition) is 2. The Kier molecular flexibility index (Phi) is 4.62. The van der Waals surface area contributed by atoms with E-state index in [1.807, 2.05) is 0 Å². The molecule has 0 aliphatic rings. The number of carbonyl (C=O) groups excluding carboxylic acids is 1. The Hall–Kier alpha value is -2.61. The van der Waals surface area contributed by atoms with Crippen LogP contribution >= 0.6 is 0 Å². The van der Waals surface area contributed by atoms with E-state index < -0.39 is 10.0 Å². The van der Waals surface area contributed by atoms with Gasteiger partial charge in [-0.25, -0.2) is 18.2 Å². The number of carbonyl (C=O) groups is 1. The van der Waals surface area contributed by atoms with Crippen molar-refractivity contribution in [3.05, 3.63) is 48.7 Å². The Balaban J connectivity index is 2.14. The fraction of sp³-hybridized carbons (Fsp3) is 0.143. The summed E-state index contributed by atoms with van der Waals surface area (Å²) in [5, 5.41) is 2.63. The average Bonchev–Trinajstić information content (AvgIpc) is 2.48. The molecule has 2 aromatic rings. The second kappa shape index (κ2) is 6.44. The van der Waals surface area contributed by atoms with Crippen LogP contribution in [0.4, 0.5) is 16.3 Å². The fourth-order valence-corrected chi connectivity index (χ4v) is 2.58. The second-order valence-electron chi connectivity index (χ2n) is 4.67. The quantitative estimate of drug-likeness (QED) is 0.901. The molecule has 2 amide bonds. The van der Waals surface area contributed by atoms with E-state index in [9.17, 15) is 13.2 Å². The minimum Gasteiger partial charge on any atom is -0.331 e. The lowest BCUT2D eigenvalue weighted by molar-refractivity contribution is 0.230. The Bertz CT molecular complexity index is 743. The molecule has 1 heterocycles. The van der Waals surface area contributed by atoms with Crippen molar-refractivity contribution in [3.63, 3.8) is 0 Å². The first-order valence-corrected chi connectivity index (χ1v) is 7.89. The number of rotatable bonds is 4. The Morgan fingerprint density at radius 3 is 2.32 bits per heavy atom. The van der Waals surface area contributed by atoms with Gasteiger partial charge in [-0.15, -0.1) is 0 Å². The highest BCUT2D eigenvalue weighted by Crippen LogP contribution is 2.17. The lowest BCUT2D eigenvalue weighted by atomic mass is 10.3. The summed E-state index contributed by atoms with van der Waals surface area (Å²) in [6.45, 7) is 0. The molecule has 2 rings (SSSR count). The maximum atomic E-state index is 12.2. The van der Waals surface area contributed by atoms with Gasteiger partial charge in [0.25, 0.3) is 10.0 Å². The highest BCUT2D eigenvalue weighted by molar-refractivity contribution is 7.92. The van der Waals surface area contributed by atoms with Crippen LogP contribution < -0.4 is 10.0 Å². The summed E-state index contributed by atoms with van der Waals surface area (Å²) in [6, 6.07) is 10.5. The zero-order chi connectivity index (χ0) is 16.2. The minimum absolute atomic E-state index is 0.0843. The number of sulfonamides is 1. The smallest absolute Gasteiger partial charge is 0.321 e. The summed E-state index contributed by atoms with van der Waals surface area (Å²) in [4.78, 5) is 16.9. The van der Waals surface area contributed by atoms with Crippen LogP contribution in [0.5, 0.6) is 0 Å². The van der Waals surface area contributed by atoms with Gasteiger partial charge in [-0.2, -0.15) is 0 Å². The molecular formula is C14H16N4O3S. The standard InChI is InChI=1S/C14H16N4O3S/c1-18(2)14(19)16-11-6-8-12(9-7-11)22(20,21)17-13-5-3-4-10-15-13/h3-10H,1-2H3,(H,15,17)(H,16,19). The number of amides is 2. The lowest BCUT2D eigenvalue weighted by Gasteiger charge is -2.12. The zero-order valence-corrected chi connectivity index (χ0v) is 13.0. The molecule has 0 aliphatic heterocycles. The number of nitrogens with one attached hydrogen (secondary N) is 2. The number of urea groups is 1. The third kappa shape index (κ3) is 3.95. The predicted octanol–water partition coefficient (Wildman–Crippen LogP) is 1.98. The van der Waals surface area contributed by atoms with Crippen LogP contribution in [0.3, 0.4) is 0 Å². The molecular weight excluding hydrogens is 304 g/mol. The molecule has 2 N–H and O–H groups in total. The van der Waals surface area contributed by atoms with E-state index in [2.05, 4.69) is 15.0 Å². The van der Waals surface area contributed by atoms with Crippen molar-refractivity contribution in [2.24, 2.45) is 0 Å². The molecule has 0 spiro atoms. The molecule has 7 nitrogen and oxygen atoms in total. The number of nitrogens with zero attached hydrogens (tertiary/aromatic N) is 2. The topological polar surface area (TPSA) is 91.4 Å². The monoisotopic (exact) mass is 320 g/mol. The fourth-order valence-electron chi connectivity index (χ4n) is 1.57. The van der Waals surface area contributed by atoms with Crippen molar-refractivity contribution in [3.8, 4) is 0 Å². The molecule has 0 fully saturated rings. The molecule has 22 heavy (non-hydrogen) atoms. The van der Waals surface area contributed by atoms with Gasteiger partial charge in [-0.3, -0.25) is 4.72 Å². The zero-order valence-electron chi connectivity index (χ0n) is 12.1. The molecule has 0 radical (unpaired) electrons. The van der Waals surface area contributed by atoms with Crippen molar-refractivity contribution < 1.29 is 13.2 Å². The predicted molar refractivity (Wildman–Crippen MR) is 84.2 cm³/mol. The SMILES string of the molecule is CN(C)C(=O)Nc1ccc(S(=O)(=O)Nc2ccccn2)cc1. The normalized spacial score (nSPS) is 10.8. The van der Waals surface area contributed by atoms with Crippen molar-refractivity contribution in [1.82, 2.24) is 9.88 Å². The molecule has 1 aromatic heterocycles. The Labute approximate surface area is 129 Å². The Morgan fingerprint density at radius 1 is 1.09 bits per heavy atom. The number of hydrogen-bond acceptors (Lipinski definition) is 4. The number of benzene rings is 1. The maximum absolute atomic E-state index is 12.2. The van der Waals surface area contributed by atoms with Crippen LogP contribution in [0.2, 0.25) is 0 Å². The van der Waals surface area contributed by atoms with E-state index >= 15 is 0 Å². The molecule has 0 unspecified atom stereocenters. The second-order valence-corrected chi connectivity index (χ2v) is 6.35. The first-order valence-electron chi connectivity index (χ1n) is 6.41. The van der Waals surface area contributed by atoms with Crippen molar-refractivity contribution in [2.75, 3.05) is 24.1 Å². The minimum atomic E-state index is -3.71. The third-order valence-corrected chi connectivity index (χ3v) is 4.10. The molecule has 8 heteroatoms. The van der Waals surface area contributed by atoms with Crippen LogP contribution in [0.25, 0.3) is 0 Å². The van der Waals surface area contributed by atoms with E-state index in [4.69, 9.17) is 0 Å². The van der Waals surface area contributed by atoms with E-state index in [0.29, 0.717) is 5.69 Å². The number of pyridine rings is 1. The van der Waals surface area contributed by atoms with Gasteiger partial charge in [0, 0.05) is 26.0 Å². The summed E-state index contributed by atoms with van der Waals surface area (Å²) in [6.07, 6.45) is 1.50. The van der Waals surface area contributed by atoms with E-state index in [1.165, 1.54) is 35.4 Å². The van der Waals surface area contributed by atoms with E-state index in [0.717, 1.165) is 0 Å². The Morgan fingerprint density at radius 2 is 1.77 bits per heavy atom. The van der Waals surface area contributed by atoms with Crippen LogP contribution in [0.1, 0.15) is 0 Å². The molecule has 1 aromatic carbocycles. The highest BCUT2D eigenvalue weighted by atomic mass is 32.2. The maximum Gasteiger partial charge on any atom is 0.321 e. The lowest BCUT2D eigenvalue weighted by Crippen LogP contribution is -2.27. The molecule has 0 atom stereocenters. The highest BCUT2D eigenvalue weighted by Gasteiger charge is 2.14. The van der Waals surface area contributed by atoms with Crippen molar-refractivity contribution in [2.45, 2.75) is 4.90 Å². The van der Waals surface area contributed by atoms with Gasteiger partial charge in [0.1, 0.15) is 5.82 Å². The molecule has 0 aliphatic carbocycles. The first-order chi connectivity index (χ1) is 10.4. The van der Waals surface area contributed by atoms with Gasteiger partial charge >= 0.3 is 6.03 Å². The summed E-state index contributed by atoms with van der Waals surface area (Å²) in [7, 11) is -0.478. The third-order valence-electron chi connectivity index (χ3n) is 2.73. The van der Waals surface area contributed by atoms with Gasteiger partial charge in [-0.1, -0.05) is 6.07 Å². The molecule has 0 saturated carbocycles. The van der Waals surface area contributed by atoms with Crippen molar-refractivity contribution >= 4 is 27.6 Å². The van der Waals surface area contributed by atoms with Gasteiger partial charge in [0.05, 0.1) is 4.90 Å².